The van der Waals surface area contributed by atoms with Crippen molar-refractivity contribution in [2.75, 3.05) is 18.1 Å². The van der Waals surface area contributed by atoms with Gasteiger partial charge in [-0.3, -0.25) is 4.98 Å². The van der Waals surface area contributed by atoms with E-state index in [9.17, 15) is 4.79 Å². The van der Waals surface area contributed by atoms with E-state index in [-0.39, 0.29) is 0 Å². The van der Waals surface area contributed by atoms with Crippen molar-refractivity contribution in [3.63, 3.8) is 0 Å². The highest BCUT2D eigenvalue weighted by atomic mass is 32.1. The first-order valence-corrected chi connectivity index (χ1v) is 9.56. The minimum atomic E-state index is 0.466. The Morgan fingerprint density at radius 2 is 1.96 bits per heavy atom. The van der Waals surface area contributed by atoms with Crippen LogP contribution in [0.5, 0.6) is 0 Å². The van der Waals surface area contributed by atoms with Crippen LogP contribution < -0.4 is 11.1 Å². The first kappa shape index (κ1) is 20.4. The predicted molar refractivity (Wildman–Crippen MR) is 109 cm³/mol. The van der Waals surface area contributed by atoms with Crippen LogP contribution >= 0.6 is 11.3 Å². The molecular weight excluding hydrogens is 360 g/mol. The molecule has 3 heterocycles. The molecule has 0 bridgehead atoms. The number of aryl methyl sites for hydroxylation is 2. The van der Waals surface area contributed by atoms with Gasteiger partial charge >= 0.3 is 0 Å². The molecule has 3 rings (SSSR count). The summed E-state index contributed by atoms with van der Waals surface area (Å²) in [7, 11) is 1.87. The van der Waals surface area contributed by atoms with E-state index in [1.54, 1.807) is 12.4 Å². The second kappa shape index (κ2) is 11.7. The summed E-state index contributed by atoms with van der Waals surface area (Å²) in [4.78, 5) is 18.1. The van der Waals surface area contributed by atoms with Gasteiger partial charge in [0.05, 0.1) is 0 Å². The smallest absolute Gasteiger partial charge is 0.203 e. The number of carbonyl (C=O) groups is 1. The van der Waals surface area contributed by atoms with Crippen LogP contribution in [0.25, 0.3) is 0 Å². The number of pyridine rings is 2. The quantitative estimate of drug-likeness (QED) is 0.454. The van der Waals surface area contributed by atoms with Crippen LogP contribution in [0.15, 0.2) is 42.9 Å². The highest BCUT2D eigenvalue weighted by Gasteiger charge is 2.01. The molecule has 27 heavy (non-hydrogen) atoms. The molecule has 0 spiro atoms. The fourth-order valence-electron chi connectivity index (χ4n) is 2.31. The summed E-state index contributed by atoms with van der Waals surface area (Å²) in [5, 5.41) is 12.4. The molecule has 3 aromatic rings. The summed E-state index contributed by atoms with van der Waals surface area (Å²) in [5.41, 5.74) is 7.77. The summed E-state index contributed by atoms with van der Waals surface area (Å²) in [6, 6.07) is 7.81. The topological polar surface area (TPSA) is 107 Å². The first-order valence-electron chi connectivity index (χ1n) is 8.74. The number of hydrogen-bond donors (Lipinski definition) is 2. The standard InChI is InChI=1S/C12H17N5S.C7H7NO/c1-14-10-7-6-9(8-15-10)4-2-3-5-11-16-17-12(13)18-11;9-5-3-7-2-1-4-8-6-7/h6-8H,2-5H2,1H3,(H2,13,17)(H,14,15);1-2,4-6H,3H2. The molecule has 0 amide bonds. The third-order valence-corrected chi connectivity index (χ3v) is 4.52. The highest BCUT2D eigenvalue weighted by molar-refractivity contribution is 7.15. The number of hydrogen-bond acceptors (Lipinski definition) is 8. The number of rotatable bonds is 8. The van der Waals surface area contributed by atoms with Gasteiger partial charge in [0.25, 0.3) is 0 Å². The lowest BCUT2D eigenvalue weighted by molar-refractivity contribution is -0.107. The van der Waals surface area contributed by atoms with Crippen LogP contribution in [0.3, 0.4) is 0 Å². The van der Waals surface area contributed by atoms with Crippen molar-refractivity contribution < 1.29 is 4.79 Å². The number of anilines is 2. The lowest BCUT2D eigenvalue weighted by Gasteiger charge is -2.02. The molecular formula is C19H24N6OS. The zero-order valence-electron chi connectivity index (χ0n) is 15.3. The van der Waals surface area contributed by atoms with E-state index in [0.717, 1.165) is 48.4 Å². The maximum atomic E-state index is 9.95. The van der Waals surface area contributed by atoms with Crippen LogP contribution in [-0.2, 0) is 24.1 Å². The first-order chi connectivity index (χ1) is 13.2. The zero-order chi connectivity index (χ0) is 19.3. The van der Waals surface area contributed by atoms with Gasteiger partial charge in [-0.1, -0.05) is 23.5 Å². The van der Waals surface area contributed by atoms with Crippen LogP contribution in [-0.4, -0.2) is 33.5 Å². The van der Waals surface area contributed by atoms with Crippen LogP contribution in [0, 0.1) is 0 Å². The van der Waals surface area contributed by atoms with Gasteiger partial charge in [0, 0.05) is 38.5 Å². The van der Waals surface area contributed by atoms with E-state index < -0.39 is 0 Å². The van der Waals surface area contributed by atoms with Crippen LogP contribution in [0.2, 0.25) is 0 Å². The predicted octanol–water partition coefficient (Wildman–Crippen LogP) is 2.95. The summed E-state index contributed by atoms with van der Waals surface area (Å²) in [6.45, 7) is 0. The molecule has 7 nitrogen and oxygen atoms in total. The van der Waals surface area contributed by atoms with E-state index in [1.807, 2.05) is 31.4 Å². The van der Waals surface area contributed by atoms with Gasteiger partial charge in [0.2, 0.25) is 5.13 Å². The maximum absolute atomic E-state index is 9.95. The molecule has 0 aliphatic rings. The number of nitrogens with two attached hydrogens (primary N) is 1. The van der Waals surface area contributed by atoms with Crippen molar-refractivity contribution >= 4 is 28.6 Å². The number of unbranched alkanes of at least 4 members (excludes halogenated alkanes) is 1. The van der Waals surface area contributed by atoms with Crippen molar-refractivity contribution in [2.45, 2.75) is 32.1 Å². The van der Waals surface area contributed by atoms with Crippen molar-refractivity contribution in [3.8, 4) is 0 Å². The fraction of sp³-hybridized carbons (Fsp3) is 0.316. The SMILES string of the molecule is CNc1ccc(CCCCc2nnc(N)s2)cn1.O=CCc1cccnc1. The summed E-state index contributed by atoms with van der Waals surface area (Å²) in [6.07, 6.45) is 10.9. The number of nitrogens with one attached hydrogen (secondary N) is 1. The normalized spacial score (nSPS) is 9.96. The molecule has 3 N–H and O–H groups in total. The van der Waals surface area contributed by atoms with Gasteiger partial charge in [-0.05, 0) is 42.5 Å². The Bertz CT molecular complexity index is 791. The Kier molecular flexibility index (Phi) is 8.85. The average molecular weight is 385 g/mol. The second-order valence-corrected chi connectivity index (χ2v) is 6.87. The van der Waals surface area contributed by atoms with Crippen LogP contribution in [0.4, 0.5) is 10.9 Å². The third kappa shape index (κ3) is 7.91. The van der Waals surface area contributed by atoms with E-state index in [4.69, 9.17) is 5.73 Å². The Balaban J connectivity index is 0.000000244. The maximum Gasteiger partial charge on any atom is 0.203 e. The van der Waals surface area contributed by atoms with Crippen molar-refractivity contribution in [3.05, 3.63) is 59.0 Å². The lowest BCUT2D eigenvalue weighted by Crippen LogP contribution is -1.94. The highest BCUT2D eigenvalue weighted by Crippen LogP contribution is 2.14. The van der Waals surface area contributed by atoms with Gasteiger partial charge in [-0.15, -0.1) is 10.2 Å². The fourth-order valence-corrected chi connectivity index (χ4v) is 2.96. The summed E-state index contributed by atoms with van der Waals surface area (Å²) >= 11 is 1.47. The summed E-state index contributed by atoms with van der Waals surface area (Å²) < 4.78 is 0. The largest absolute Gasteiger partial charge is 0.374 e. The van der Waals surface area contributed by atoms with Crippen molar-refractivity contribution in [1.29, 1.82) is 0 Å². The van der Waals surface area contributed by atoms with E-state index in [1.165, 1.54) is 16.9 Å². The average Bonchev–Trinajstić information content (AvgIpc) is 3.12. The molecule has 8 heteroatoms. The lowest BCUT2D eigenvalue weighted by atomic mass is 10.1. The molecule has 0 fully saturated rings. The third-order valence-electron chi connectivity index (χ3n) is 3.71. The van der Waals surface area contributed by atoms with E-state index in [2.05, 4.69) is 31.5 Å². The van der Waals surface area contributed by atoms with Crippen LogP contribution in [0.1, 0.15) is 29.0 Å². The van der Waals surface area contributed by atoms with E-state index in [0.29, 0.717) is 11.6 Å². The molecule has 0 aromatic carbocycles. The molecule has 0 aliphatic carbocycles. The number of carbonyl (C=O) groups excluding carboxylic acids is 1. The molecule has 0 saturated heterocycles. The number of nitrogens with zero attached hydrogens (tertiary/aromatic N) is 4. The number of aldehydes is 1. The molecule has 0 saturated carbocycles. The molecule has 0 atom stereocenters. The Morgan fingerprint density at radius 3 is 2.56 bits per heavy atom. The Labute approximate surface area is 163 Å². The molecule has 3 aromatic heterocycles. The van der Waals surface area contributed by atoms with Gasteiger partial charge in [-0.2, -0.15) is 0 Å². The van der Waals surface area contributed by atoms with Crippen molar-refractivity contribution in [1.82, 2.24) is 20.2 Å². The minimum Gasteiger partial charge on any atom is -0.374 e. The van der Waals surface area contributed by atoms with E-state index >= 15 is 0 Å². The second-order valence-electron chi connectivity index (χ2n) is 5.77. The number of aromatic nitrogens is 4. The van der Waals surface area contributed by atoms with Gasteiger partial charge in [-0.25, -0.2) is 4.98 Å². The summed E-state index contributed by atoms with van der Waals surface area (Å²) in [5.74, 6) is 0.906. The monoisotopic (exact) mass is 384 g/mol. The van der Waals surface area contributed by atoms with Gasteiger partial charge in [0.1, 0.15) is 17.1 Å². The number of nitrogen functional groups attached to an aromatic ring is 1. The molecule has 0 unspecified atom stereocenters. The molecule has 0 aliphatic heterocycles. The Morgan fingerprint density at radius 1 is 1.11 bits per heavy atom. The molecule has 0 radical (unpaired) electrons. The van der Waals surface area contributed by atoms with Gasteiger partial charge < -0.3 is 15.8 Å². The Hall–Kier alpha value is -2.87. The minimum absolute atomic E-state index is 0.466. The van der Waals surface area contributed by atoms with Crippen molar-refractivity contribution in [2.24, 2.45) is 0 Å². The molecule has 142 valence electrons. The van der Waals surface area contributed by atoms with Gasteiger partial charge in [0.15, 0.2) is 0 Å². The zero-order valence-corrected chi connectivity index (χ0v) is 16.2.